The van der Waals surface area contributed by atoms with Gasteiger partial charge >= 0.3 is 6.03 Å². The molecule has 5 rings (SSSR count). The molecule has 0 radical (unpaired) electrons. The number of aromatic nitrogens is 1. The first-order valence-electron chi connectivity index (χ1n) is 12.9. The molecular weight excluding hydrogens is 528 g/mol. The number of imide groups is 2. The molecule has 4 aromatic rings. The second-order valence-electron chi connectivity index (χ2n) is 9.11. The van der Waals surface area contributed by atoms with E-state index in [1.54, 1.807) is 37.4 Å². The van der Waals surface area contributed by atoms with E-state index in [-0.39, 0.29) is 22.7 Å². The molecule has 1 fully saturated rings. The fraction of sp³-hybridized carbons (Fsp3) is 0.167. The number of hydrogen-bond donors (Lipinski definition) is 1. The second-order valence-corrected chi connectivity index (χ2v) is 9.11. The van der Waals surface area contributed by atoms with Gasteiger partial charge in [-0.1, -0.05) is 30.3 Å². The van der Waals surface area contributed by atoms with Crippen LogP contribution in [0.25, 0.3) is 17.0 Å². The number of benzene rings is 3. The average Bonchev–Trinajstić information content (AvgIpc) is 3.29. The molecule has 208 valence electrons. The van der Waals surface area contributed by atoms with Crippen LogP contribution < -0.4 is 19.7 Å². The first kappa shape index (κ1) is 27.1. The Morgan fingerprint density at radius 1 is 0.951 bits per heavy atom. The molecule has 0 saturated carbocycles. The van der Waals surface area contributed by atoms with Crippen molar-refractivity contribution >= 4 is 46.2 Å². The fourth-order valence-corrected chi connectivity index (χ4v) is 4.68. The Labute approximate surface area is 234 Å². The average molecular weight is 555 g/mol. The van der Waals surface area contributed by atoms with Crippen molar-refractivity contribution in [2.45, 2.75) is 20.4 Å². The summed E-state index contributed by atoms with van der Waals surface area (Å²) in [6, 6.07) is 17.6. The highest BCUT2D eigenvalue weighted by molar-refractivity contribution is 6.39. The van der Waals surface area contributed by atoms with Crippen LogP contribution in [0, 0.1) is 10.1 Å². The summed E-state index contributed by atoms with van der Waals surface area (Å²) in [6.45, 7) is 4.65. The van der Waals surface area contributed by atoms with E-state index in [1.807, 2.05) is 35.8 Å². The topological polar surface area (TPSA) is 133 Å². The Morgan fingerprint density at radius 2 is 1.68 bits per heavy atom. The van der Waals surface area contributed by atoms with E-state index in [1.165, 1.54) is 24.3 Å². The molecule has 0 unspecified atom stereocenters. The molecule has 1 N–H and O–H groups in total. The van der Waals surface area contributed by atoms with E-state index in [4.69, 9.17) is 9.47 Å². The predicted molar refractivity (Wildman–Crippen MR) is 152 cm³/mol. The minimum Gasteiger partial charge on any atom is -0.494 e. The number of rotatable bonds is 9. The highest BCUT2D eigenvalue weighted by atomic mass is 16.6. The lowest BCUT2D eigenvalue weighted by atomic mass is 10.1. The van der Waals surface area contributed by atoms with Gasteiger partial charge in [0.15, 0.2) is 0 Å². The minimum atomic E-state index is -0.896. The van der Waals surface area contributed by atoms with Crippen LogP contribution in [-0.4, -0.2) is 40.5 Å². The van der Waals surface area contributed by atoms with E-state index >= 15 is 0 Å². The minimum absolute atomic E-state index is 0.00301. The quantitative estimate of drug-likeness (QED) is 0.132. The molecule has 2 heterocycles. The molecule has 0 spiro atoms. The molecule has 1 aliphatic heterocycles. The summed E-state index contributed by atoms with van der Waals surface area (Å²) in [7, 11) is 0. The van der Waals surface area contributed by atoms with Crippen LogP contribution in [0.5, 0.6) is 11.5 Å². The van der Waals surface area contributed by atoms with Crippen LogP contribution in [0.1, 0.15) is 25.0 Å². The van der Waals surface area contributed by atoms with Crippen LogP contribution in [0.4, 0.5) is 16.2 Å². The van der Waals surface area contributed by atoms with Gasteiger partial charge in [-0.15, -0.1) is 0 Å². The van der Waals surface area contributed by atoms with Gasteiger partial charge in [-0.2, -0.15) is 0 Å². The Kier molecular flexibility index (Phi) is 7.51. The van der Waals surface area contributed by atoms with Gasteiger partial charge in [0.2, 0.25) is 0 Å². The Morgan fingerprint density at radius 3 is 2.39 bits per heavy atom. The molecule has 1 saturated heterocycles. The number of carbonyl (C=O) groups is 3. The van der Waals surface area contributed by atoms with Gasteiger partial charge in [-0.3, -0.25) is 25.0 Å². The third kappa shape index (κ3) is 5.37. The summed E-state index contributed by atoms with van der Waals surface area (Å²) < 4.78 is 13.1. The highest BCUT2D eigenvalue weighted by Crippen LogP contribution is 2.35. The normalized spacial score (nSPS) is 14.4. The number of ether oxygens (including phenoxy) is 2. The lowest BCUT2D eigenvalue weighted by molar-refractivity contribution is -0.384. The lowest BCUT2D eigenvalue weighted by Gasteiger charge is -2.28. The maximum absolute atomic E-state index is 13.7. The van der Waals surface area contributed by atoms with E-state index in [9.17, 15) is 24.5 Å². The van der Waals surface area contributed by atoms with Crippen molar-refractivity contribution in [1.82, 2.24) is 9.88 Å². The van der Waals surface area contributed by atoms with E-state index in [2.05, 4.69) is 5.32 Å². The number of para-hydroxylation sites is 1. The summed E-state index contributed by atoms with van der Waals surface area (Å²) in [6.07, 6.45) is 3.25. The van der Waals surface area contributed by atoms with Crippen molar-refractivity contribution in [3.05, 3.63) is 99.7 Å². The molecule has 11 heteroatoms. The molecule has 1 aliphatic rings. The van der Waals surface area contributed by atoms with Gasteiger partial charge in [-0.25, -0.2) is 9.69 Å². The zero-order valence-electron chi connectivity index (χ0n) is 22.3. The van der Waals surface area contributed by atoms with E-state index in [0.29, 0.717) is 31.1 Å². The number of carbonyl (C=O) groups excluding carboxylic acids is 3. The lowest BCUT2D eigenvalue weighted by Crippen LogP contribution is -2.54. The maximum Gasteiger partial charge on any atom is 0.336 e. The Hall–Kier alpha value is -5.45. The van der Waals surface area contributed by atoms with Crippen molar-refractivity contribution in [3.8, 4) is 11.5 Å². The van der Waals surface area contributed by atoms with Gasteiger partial charge < -0.3 is 14.0 Å². The molecule has 41 heavy (non-hydrogen) atoms. The third-order valence-electron chi connectivity index (χ3n) is 6.50. The fourth-order valence-electron chi connectivity index (χ4n) is 4.68. The number of nitrogens with one attached hydrogen (secondary N) is 1. The number of amides is 4. The summed E-state index contributed by atoms with van der Waals surface area (Å²) in [5.41, 5.74) is 2.17. The monoisotopic (exact) mass is 554 g/mol. The molecular formula is C30H26N4O7. The van der Waals surface area contributed by atoms with Crippen molar-refractivity contribution < 1.29 is 28.8 Å². The zero-order chi connectivity index (χ0) is 29.1. The molecule has 1 aromatic heterocycles. The van der Waals surface area contributed by atoms with Gasteiger partial charge in [0.05, 0.1) is 23.8 Å². The Bertz CT molecular complexity index is 1710. The smallest absolute Gasteiger partial charge is 0.336 e. The number of hydrogen-bond acceptors (Lipinski definition) is 7. The summed E-state index contributed by atoms with van der Waals surface area (Å²) >= 11 is 0. The standard InChI is InChI=1S/C30H26N4O7/c1-3-40-22-13-14-27(41-4-2)26(16-22)33-29(36)24(28(35)31-30(33)37)15-20-18-32(25-8-6-5-7-23(20)25)17-19-9-11-21(12-10-19)34(38)39/h5-16,18H,3-4,17H2,1-2H3,(H,31,35,37)/b24-15+. The molecule has 0 bridgehead atoms. The van der Waals surface area contributed by atoms with Gasteiger partial charge in [-0.05, 0) is 43.7 Å². The van der Waals surface area contributed by atoms with Crippen LogP contribution in [-0.2, 0) is 16.1 Å². The number of barbiturate groups is 1. The van der Waals surface area contributed by atoms with Gasteiger partial charge in [0.25, 0.3) is 17.5 Å². The van der Waals surface area contributed by atoms with E-state index < -0.39 is 22.8 Å². The molecule has 11 nitrogen and oxygen atoms in total. The predicted octanol–water partition coefficient (Wildman–Crippen LogP) is 5.06. The van der Waals surface area contributed by atoms with Crippen LogP contribution in [0.3, 0.4) is 0 Å². The highest BCUT2D eigenvalue weighted by Gasteiger charge is 2.38. The van der Waals surface area contributed by atoms with Crippen LogP contribution in [0.2, 0.25) is 0 Å². The van der Waals surface area contributed by atoms with Gasteiger partial charge in [0, 0.05) is 47.4 Å². The number of fused-ring (bicyclic) bond motifs is 1. The largest absolute Gasteiger partial charge is 0.494 e. The first-order chi connectivity index (χ1) is 19.8. The number of urea groups is 1. The van der Waals surface area contributed by atoms with Gasteiger partial charge in [0.1, 0.15) is 17.1 Å². The summed E-state index contributed by atoms with van der Waals surface area (Å²) in [5.74, 6) is -0.904. The van der Waals surface area contributed by atoms with Crippen LogP contribution in [0.15, 0.2) is 78.5 Å². The van der Waals surface area contributed by atoms with Crippen molar-refractivity contribution in [2.75, 3.05) is 18.1 Å². The van der Waals surface area contributed by atoms with Crippen molar-refractivity contribution in [1.29, 1.82) is 0 Å². The molecule has 3 aromatic carbocycles. The Balaban J connectivity index is 1.55. The summed E-state index contributed by atoms with van der Waals surface area (Å²) in [5, 5.41) is 14.1. The maximum atomic E-state index is 13.7. The number of anilines is 1. The zero-order valence-corrected chi connectivity index (χ0v) is 22.3. The number of nitro benzene ring substituents is 1. The third-order valence-corrected chi connectivity index (χ3v) is 6.50. The SMILES string of the molecule is CCOc1ccc(OCC)c(N2C(=O)NC(=O)/C(=C\c3cn(Cc4ccc([N+](=O)[O-])cc4)c4ccccc34)C2=O)c1. The molecule has 4 amide bonds. The number of non-ortho nitro benzene ring substituents is 1. The summed E-state index contributed by atoms with van der Waals surface area (Å²) in [4.78, 5) is 51.0. The number of nitrogens with zero attached hydrogens (tertiary/aromatic N) is 3. The number of nitro groups is 1. The second kappa shape index (κ2) is 11.3. The first-order valence-corrected chi connectivity index (χ1v) is 12.9. The van der Waals surface area contributed by atoms with Crippen molar-refractivity contribution in [3.63, 3.8) is 0 Å². The van der Waals surface area contributed by atoms with Crippen LogP contribution >= 0.6 is 0 Å². The van der Waals surface area contributed by atoms with E-state index in [0.717, 1.165) is 21.4 Å². The molecule has 0 aliphatic carbocycles. The van der Waals surface area contributed by atoms with Crippen molar-refractivity contribution in [2.24, 2.45) is 0 Å². The molecule has 0 atom stereocenters.